The van der Waals surface area contributed by atoms with Crippen LogP contribution in [0.1, 0.15) is 36.7 Å². The van der Waals surface area contributed by atoms with Gasteiger partial charge in [0.2, 0.25) is 0 Å². The van der Waals surface area contributed by atoms with Crippen LogP contribution in [0.25, 0.3) is 0 Å². The molecule has 1 rings (SSSR count). The summed E-state index contributed by atoms with van der Waals surface area (Å²) < 4.78 is 30.7. The second kappa shape index (κ2) is 7.51. The topological polar surface area (TPSA) is 80.2 Å². The van der Waals surface area contributed by atoms with Crippen molar-refractivity contribution < 1.29 is 23.6 Å². The molecule has 1 aromatic rings. The van der Waals surface area contributed by atoms with E-state index in [2.05, 4.69) is 4.40 Å². The van der Waals surface area contributed by atoms with E-state index in [0.717, 1.165) is 0 Å². The Morgan fingerprint density at radius 3 is 2.18 bits per heavy atom. The summed E-state index contributed by atoms with van der Waals surface area (Å²) in [7, 11) is 4.25. The van der Waals surface area contributed by atoms with E-state index >= 15 is 0 Å². The number of hydrogen-bond donors (Lipinski definition) is 0. The standard InChI is InChI=1S/C15H21NO5S/c1-15(2,3)22(18)16-9-10-7-12(19-4)13(20-5)8-11(10)14(17)21-6/h7-9H,1-6H3. The van der Waals surface area contributed by atoms with Crippen LogP contribution in [-0.4, -0.2) is 42.8 Å². The third kappa shape index (κ3) is 4.38. The van der Waals surface area contributed by atoms with Crippen LogP contribution in [0.15, 0.2) is 16.5 Å². The molecule has 1 aromatic carbocycles. The smallest absolute Gasteiger partial charge is 0.338 e. The van der Waals surface area contributed by atoms with Gasteiger partial charge in [-0.25, -0.2) is 4.79 Å². The van der Waals surface area contributed by atoms with Gasteiger partial charge in [-0.2, -0.15) is 0 Å². The molecule has 0 aromatic heterocycles. The lowest BCUT2D eigenvalue weighted by Crippen LogP contribution is -2.26. The first-order valence-electron chi connectivity index (χ1n) is 6.55. The fourth-order valence-electron chi connectivity index (χ4n) is 1.55. The number of nitrogens with zero attached hydrogens (tertiary/aromatic N) is 1. The molecule has 0 radical (unpaired) electrons. The number of ether oxygens (including phenoxy) is 3. The Morgan fingerprint density at radius 1 is 1.18 bits per heavy atom. The third-order valence-electron chi connectivity index (χ3n) is 2.77. The summed E-state index contributed by atoms with van der Waals surface area (Å²) >= 11 is -1.43. The SMILES string of the molecule is COC(=O)c1cc(OC)c(OC)cc1C=N[S+]([O-])C(C)(C)C. The minimum Gasteiger partial charge on any atom is -0.591 e. The van der Waals surface area contributed by atoms with E-state index in [1.54, 1.807) is 6.07 Å². The van der Waals surface area contributed by atoms with Gasteiger partial charge in [-0.3, -0.25) is 0 Å². The molecule has 0 amide bonds. The Kier molecular flexibility index (Phi) is 6.25. The predicted octanol–water partition coefficient (Wildman–Crippen LogP) is 2.37. The molecular formula is C15H21NO5S. The molecule has 0 spiro atoms. The van der Waals surface area contributed by atoms with E-state index < -0.39 is 22.1 Å². The average molecular weight is 327 g/mol. The maximum atomic E-state index is 12.0. The molecule has 122 valence electrons. The first kappa shape index (κ1) is 18.3. The van der Waals surface area contributed by atoms with Crippen molar-refractivity contribution in [2.45, 2.75) is 25.5 Å². The molecule has 0 heterocycles. The van der Waals surface area contributed by atoms with Crippen LogP contribution in [0.3, 0.4) is 0 Å². The summed E-state index contributed by atoms with van der Waals surface area (Å²) in [6, 6.07) is 3.10. The number of carbonyl (C=O) groups excluding carboxylic acids is 1. The molecule has 0 N–H and O–H groups in total. The van der Waals surface area contributed by atoms with Gasteiger partial charge in [-0.05, 0) is 32.9 Å². The lowest BCUT2D eigenvalue weighted by atomic mass is 10.1. The molecule has 22 heavy (non-hydrogen) atoms. The van der Waals surface area contributed by atoms with Crippen LogP contribution >= 0.6 is 0 Å². The van der Waals surface area contributed by atoms with E-state index in [1.807, 2.05) is 20.8 Å². The minimum absolute atomic E-state index is 0.259. The van der Waals surface area contributed by atoms with Crippen LogP contribution in [0.2, 0.25) is 0 Å². The Balaban J connectivity index is 3.32. The summed E-state index contributed by atoms with van der Waals surface area (Å²) in [5, 5.41) is 0. The maximum absolute atomic E-state index is 12.0. The highest BCUT2D eigenvalue weighted by Crippen LogP contribution is 2.30. The summed E-state index contributed by atoms with van der Waals surface area (Å²) in [6.07, 6.45) is 1.38. The highest BCUT2D eigenvalue weighted by atomic mass is 32.2. The van der Waals surface area contributed by atoms with Gasteiger partial charge in [0.1, 0.15) is 16.1 Å². The van der Waals surface area contributed by atoms with Crippen molar-refractivity contribution in [1.29, 1.82) is 0 Å². The number of hydrogen-bond acceptors (Lipinski definition) is 6. The van der Waals surface area contributed by atoms with Crippen LogP contribution < -0.4 is 9.47 Å². The summed E-state index contributed by atoms with van der Waals surface area (Å²) in [5.74, 6) is 0.305. The normalized spacial score (nSPS) is 13.0. The Labute approximate surface area is 133 Å². The van der Waals surface area contributed by atoms with Gasteiger partial charge in [-0.15, -0.1) is 0 Å². The molecule has 0 aliphatic carbocycles. The second-order valence-electron chi connectivity index (χ2n) is 5.38. The largest absolute Gasteiger partial charge is 0.591 e. The van der Waals surface area contributed by atoms with E-state index in [0.29, 0.717) is 17.1 Å². The molecule has 7 heteroatoms. The van der Waals surface area contributed by atoms with Crippen molar-refractivity contribution >= 4 is 23.5 Å². The van der Waals surface area contributed by atoms with Crippen LogP contribution in [0.5, 0.6) is 11.5 Å². The number of benzene rings is 1. The zero-order valence-electron chi connectivity index (χ0n) is 13.6. The molecule has 1 atom stereocenters. The molecule has 0 bridgehead atoms. The van der Waals surface area contributed by atoms with Gasteiger partial charge in [0.15, 0.2) is 11.5 Å². The maximum Gasteiger partial charge on any atom is 0.338 e. The number of methoxy groups -OCH3 is 3. The lowest BCUT2D eigenvalue weighted by Gasteiger charge is -2.18. The van der Waals surface area contributed by atoms with Gasteiger partial charge in [-0.1, -0.05) is 4.40 Å². The van der Waals surface area contributed by atoms with E-state index in [9.17, 15) is 9.35 Å². The molecule has 0 fully saturated rings. The van der Waals surface area contributed by atoms with Crippen LogP contribution in [-0.2, 0) is 16.1 Å². The molecule has 0 saturated carbocycles. The molecule has 0 saturated heterocycles. The minimum atomic E-state index is -1.43. The molecular weight excluding hydrogens is 306 g/mol. The molecule has 0 aliphatic rings. The van der Waals surface area contributed by atoms with Crippen molar-refractivity contribution in [3.8, 4) is 11.5 Å². The van der Waals surface area contributed by atoms with Crippen molar-refractivity contribution in [1.82, 2.24) is 0 Å². The van der Waals surface area contributed by atoms with E-state index in [-0.39, 0.29) is 5.56 Å². The zero-order chi connectivity index (χ0) is 16.9. The monoisotopic (exact) mass is 327 g/mol. The summed E-state index contributed by atoms with van der Waals surface area (Å²) in [5.41, 5.74) is 0.705. The quantitative estimate of drug-likeness (QED) is 0.471. The molecule has 0 aliphatic heterocycles. The first-order valence-corrected chi connectivity index (χ1v) is 7.65. The van der Waals surface area contributed by atoms with E-state index in [4.69, 9.17) is 14.2 Å². The van der Waals surface area contributed by atoms with Crippen LogP contribution in [0.4, 0.5) is 0 Å². The highest BCUT2D eigenvalue weighted by Gasteiger charge is 2.26. The van der Waals surface area contributed by atoms with Crippen molar-refractivity contribution in [2.75, 3.05) is 21.3 Å². The van der Waals surface area contributed by atoms with Crippen molar-refractivity contribution in [2.24, 2.45) is 4.40 Å². The molecule has 6 nitrogen and oxygen atoms in total. The van der Waals surface area contributed by atoms with E-state index in [1.165, 1.54) is 33.6 Å². The average Bonchev–Trinajstić information content (AvgIpc) is 2.49. The fourth-order valence-corrected chi connectivity index (χ4v) is 2.08. The lowest BCUT2D eigenvalue weighted by molar-refractivity contribution is 0.0600. The zero-order valence-corrected chi connectivity index (χ0v) is 14.4. The summed E-state index contributed by atoms with van der Waals surface area (Å²) in [6.45, 7) is 5.45. The van der Waals surface area contributed by atoms with Crippen molar-refractivity contribution in [3.05, 3.63) is 23.3 Å². The summed E-state index contributed by atoms with van der Waals surface area (Å²) in [4.78, 5) is 11.9. The highest BCUT2D eigenvalue weighted by molar-refractivity contribution is 7.91. The van der Waals surface area contributed by atoms with Crippen molar-refractivity contribution in [3.63, 3.8) is 0 Å². The molecule has 1 unspecified atom stereocenters. The Morgan fingerprint density at radius 2 is 1.73 bits per heavy atom. The van der Waals surface area contributed by atoms with Gasteiger partial charge < -0.3 is 18.8 Å². The second-order valence-corrected chi connectivity index (χ2v) is 7.32. The number of carbonyl (C=O) groups is 1. The predicted molar refractivity (Wildman–Crippen MR) is 86.4 cm³/mol. The van der Waals surface area contributed by atoms with Gasteiger partial charge in [0.25, 0.3) is 0 Å². The Hall–Kier alpha value is -1.73. The van der Waals surface area contributed by atoms with Crippen LogP contribution in [0, 0.1) is 0 Å². The number of esters is 1. The number of rotatable bonds is 5. The van der Waals surface area contributed by atoms with Gasteiger partial charge in [0.05, 0.1) is 33.1 Å². The van der Waals surface area contributed by atoms with Gasteiger partial charge >= 0.3 is 5.97 Å². The third-order valence-corrected chi connectivity index (χ3v) is 4.12. The van der Waals surface area contributed by atoms with Gasteiger partial charge in [0, 0.05) is 5.56 Å². The Bertz CT molecular complexity index is 566. The fraction of sp³-hybridized carbons (Fsp3) is 0.467. The first-order chi connectivity index (χ1) is 10.2.